The summed E-state index contributed by atoms with van der Waals surface area (Å²) in [6.07, 6.45) is 1.42. The molecule has 0 aliphatic carbocycles. The summed E-state index contributed by atoms with van der Waals surface area (Å²) in [7, 11) is 1.54. The lowest BCUT2D eigenvalue weighted by molar-refractivity contribution is -0.136. The molecule has 0 radical (unpaired) electrons. The van der Waals surface area contributed by atoms with E-state index in [0.29, 0.717) is 41.7 Å². The number of ether oxygens (including phenoxy) is 3. The Kier molecular flexibility index (Phi) is 9.04. The normalized spacial score (nSPS) is 10.6. The zero-order chi connectivity index (χ0) is 24.3. The van der Waals surface area contributed by atoms with Gasteiger partial charge in [-0.1, -0.05) is 28.1 Å². The molecule has 2 amide bonds. The second kappa shape index (κ2) is 12.4. The van der Waals surface area contributed by atoms with E-state index in [4.69, 9.17) is 14.2 Å². The molecule has 176 valence electrons. The Hall–Kier alpha value is -3.85. The minimum atomic E-state index is -0.897. The van der Waals surface area contributed by atoms with Gasteiger partial charge in [-0.25, -0.2) is 5.43 Å². The van der Waals surface area contributed by atoms with E-state index in [9.17, 15) is 9.59 Å². The van der Waals surface area contributed by atoms with Gasteiger partial charge in [-0.3, -0.25) is 9.59 Å². The third kappa shape index (κ3) is 7.35. The van der Waals surface area contributed by atoms with E-state index in [0.717, 1.165) is 10.0 Å². The monoisotopic (exact) mass is 525 g/mol. The van der Waals surface area contributed by atoms with Crippen LogP contribution in [0.4, 0.5) is 5.69 Å². The molecule has 0 atom stereocenters. The average molecular weight is 526 g/mol. The summed E-state index contributed by atoms with van der Waals surface area (Å²) in [5.74, 6) is 0.0423. The number of methoxy groups -OCH3 is 1. The topological polar surface area (TPSA) is 98.2 Å². The van der Waals surface area contributed by atoms with Crippen LogP contribution < -0.4 is 25.0 Å². The summed E-state index contributed by atoms with van der Waals surface area (Å²) >= 11 is 3.41. The Morgan fingerprint density at radius 2 is 1.68 bits per heavy atom. The molecular formula is C25H24BrN3O5. The van der Waals surface area contributed by atoms with E-state index < -0.39 is 11.8 Å². The first-order valence-electron chi connectivity index (χ1n) is 10.4. The van der Waals surface area contributed by atoms with Crippen molar-refractivity contribution in [3.63, 3.8) is 0 Å². The molecule has 0 bridgehead atoms. The van der Waals surface area contributed by atoms with Crippen LogP contribution in [0.5, 0.6) is 17.2 Å². The number of halogens is 1. The number of nitrogens with zero attached hydrogens (tertiary/aromatic N) is 1. The molecule has 0 saturated heterocycles. The van der Waals surface area contributed by atoms with Crippen molar-refractivity contribution in [1.29, 1.82) is 0 Å². The maximum Gasteiger partial charge on any atom is 0.329 e. The number of rotatable bonds is 9. The SMILES string of the molecule is CCOc1cc(/C=N\NC(=O)C(=O)Nc2ccc(OC)cc2)ccc1OCc1ccc(Br)cc1. The van der Waals surface area contributed by atoms with Crippen LogP contribution in [0.25, 0.3) is 0 Å². The van der Waals surface area contributed by atoms with Gasteiger partial charge >= 0.3 is 11.8 Å². The number of hydrogen-bond donors (Lipinski definition) is 2. The van der Waals surface area contributed by atoms with Crippen molar-refractivity contribution >= 4 is 39.6 Å². The van der Waals surface area contributed by atoms with Gasteiger partial charge in [0.25, 0.3) is 0 Å². The third-order valence-electron chi connectivity index (χ3n) is 4.51. The van der Waals surface area contributed by atoms with Gasteiger partial charge in [0, 0.05) is 10.2 Å². The minimum Gasteiger partial charge on any atom is -0.497 e. The lowest BCUT2D eigenvalue weighted by atomic mass is 10.2. The van der Waals surface area contributed by atoms with Crippen LogP contribution in [-0.2, 0) is 16.2 Å². The Bertz CT molecular complexity index is 1150. The van der Waals surface area contributed by atoms with Crippen LogP contribution >= 0.6 is 15.9 Å². The molecule has 0 spiro atoms. The number of anilines is 1. The highest BCUT2D eigenvalue weighted by molar-refractivity contribution is 9.10. The summed E-state index contributed by atoms with van der Waals surface area (Å²) in [4.78, 5) is 24.0. The summed E-state index contributed by atoms with van der Waals surface area (Å²) in [5, 5.41) is 6.34. The van der Waals surface area contributed by atoms with Gasteiger partial charge in [-0.2, -0.15) is 5.10 Å². The van der Waals surface area contributed by atoms with E-state index in [1.807, 2.05) is 31.2 Å². The average Bonchev–Trinajstić information content (AvgIpc) is 2.85. The van der Waals surface area contributed by atoms with E-state index in [1.165, 1.54) is 6.21 Å². The van der Waals surface area contributed by atoms with Crippen LogP contribution in [0, 0.1) is 0 Å². The van der Waals surface area contributed by atoms with Gasteiger partial charge in [0.2, 0.25) is 0 Å². The van der Waals surface area contributed by atoms with E-state index in [-0.39, 0.29) is 0 Å². The third-order valence-corrected chi connectivity index (χ3v) is 5.04. The number of hydrazone groups is 1. The van der Waals surface area contributed by atoms with Crippen molar-refractivity contribution in [2.24, 2.45) is 5.10 Å². The van der Waals surface area contributed by atoms with E-state index >= 15 is 0 Å². The molecule has 3 aromatic rings. The van der Waals surface area contributed by atoms with Crippen LogP contribution in [0.15, 0.2) is 76.3 Å². The number of amides is 2. The van der Waals surface area contributed by atoms with Crippen molar-refractivity contribution in [2.75, 3.05) is 19.0 Å². The molecule has 0 aliphatic heterocycles. The van der Waals surface area contributed by atoms with Crippen LogP contribution in [0.1, 0.15) is 18.1 Å². The highest BCUT2D eigenvalue weighted by Gasteiger charge is 2.13. The Morgan fingerprint density at radius 3 is 2.35 bits per heavy atom. The Balaban J connectivity index is 1.57. The highest BCUT2D eigenvalue weighted by Crippen LogP contribution is 2.29. The molecule has 0 heterocycles. The van der Waals surface area contributed by atoms with Gasteiger partial charge in [-0.05, 0) is 72.6 Å². The number of hydrogen-bond acceptors (Lipinski definition) is 6. The molecule has 0 unspecified atom stereocenters. The van der Waals surface area contributed by atoms with Gasteiger partial charge in [-0.15, -0.1) is 0 Å². The van der Waals surface area contributed by atoms with Gasteiger partial charge in [0.15, 0.2) is 11.5 Å². The highest BCUT2D eigenvalue weighted by atomic mass is 79.9. The zero-order valence-corrected chi connectivity index (χ0v) is 20.3. The van der Waals surface area contributed by atoms with Crippen molar-refractivity contribution in [3.05, 3.63) is 82.3 Å². The Labute approximate surface area is 206 Å². The predicted molar refractivity (Wildman–Crippen MR) is 133 cm³/mol. The molecule has 0 fully saturated rings. The second-order valence-electron chi connectivity index (χ2n) is 6.94. The zero-order valence-electron chi connectivity index (χ0n) is 18.7. The molecule has 0 aliphatic rings. The van der Waals surface area contributed by atoms with Crippen molar-refractivity contribution in [2.45, 2.75) is 13.5 Å². The standard InChI is InChI=1S/C25H24BrN3O5/c1-3-33-23-14-18(6-13-22(23)34-16-17-4-7-19(26)8-5-17)15-27-29-25(31)24(30)28-20-9-11-21(32-2)12-10-20/h4-15H,3,16H2,1-2H3,(H,28,30)(H,29,31)/b27-15-. The molecule has 3 aromatic carbocycles. The summed E-state index contributed by atoms with van der Waals surface area (Å²) in [6.45, 7) is 2.72. The fourth-order valence-electron chi connectivity index (χ4n) is 2.81. The Morgan fingerprint density at radius 1 is 0.941 bits per heavy atom. The summed E-state index contributed by atoms with van der Waals surface area (Å²) in [5.41, 5.74) is 4.35. The van der Waals surface area contributed by atoms with Crippen molar-refractivity contribution < 1.29 is 23.8 Å². The number of benzene rings is 3. The molecule has 34 heavy (non-hydrogen) atoms. The second-order valence-corrected chi connectivity index (χ2v) is 7.85. The lowest BCUT2D eigenvalue weighted by Crippen LogP contribution is -2.32. The molecule has 0 saturated carbocycles. The maximum atomic E-state index is 12.0. The van der Waals surface area contributed by atoms with Gasteiger partial charge in [0.1, 0.15) is 12.4 Å². The van der Waals surface area contributed by atoms with E-state index in [2.05, 4.69) is 31.8 Å². The first-order valence-corrected chi connectivity index (χ1v) is 11.2. The maximum absolute atomic E-state index is 12.0. The minimum absolute atomic E-state index is 0.389. The molecule has 3 rings (SSSR count). The molecule has 2 N–H and O–H groups in total. The number of nitrogens with one attached hydrogen (secondary N) is 2. The first kappa shape index (κ1) is 24.8. The van der Waals surface area contributed by atoms with Crippen LogP contribution in [0.2, 0.25) is 0 Å². The van der Waals surface area contributed by atoms with Crippen LogP contribution in [-0.4, -0.2) is 31.7 Å². The quantitative estimate of drug-likeness (QED) is 0.243. The summed E-state index contributed by atoms with van der Waals surface area (Å²) in [6, 6.07) is 19.7. The molecule has 9 heteroatoms. The molecule has 8 nitrogen and oxygen atoms in total. The van der Waals surface area contributed by atoms with E-state index in [1.54, 1.807) is 49.6 Å². The number of carbonyl (C=O) groups is 2. The van der Waals surface area contributed by atoms with Crippen molar-refractivity contribution in [1.82, 2.24) is 5.43 Å². The largest absolute Gasteiger partial charge is 0.497 e. The predicted octanol–water partition coefficient (Wildman–Crippen LogP) is 4.52. The fourth-order valence-corrected chi connectivity index (χ4v) is 3.08. The molecular weight excluding hydrogens is 502 g/mol. The van der Waals surface area contributed by atoms with Crippen molar-refractivity contribution in [3.8, 4) is 17.2 Å². The lowest BCUT2D eigenvalue weighted by Gasteiger charge is -2.12. The smallest absolute Gasteiger partial charge is 0.329 e. The molecule has 0 aromatic heterocycles. The van der Waals surface area contributed by atoms with Crippen LogP contribution in [0.3, 0.4) is 0 Å². The fraction of sp³-hybridized carbons (Fsp3) is 0.160. The summed E-state index contributed by atoms with van der Waals surface area (Å²) < 4.78 is 17.6. The number of carbonyl (C=O) groups excluding carboxylic acids is 2. The van der Waals surface area contributed by atoms with Gasteiger partial charge in [0.05, 0.1) is 19.9 Å². The first-order chi connectivity index (χ1) is 16.5. The van der Waals surface area contributed by atoms with Gasteiger partial charge < -0.3 is 19.5 Å².